The predicted molar refractivity (Wildman–Crippen MR) is 95.4 cm³/mol. The van der Waals surface area contributed by atoms with Crippen LogP contribution in [0.4, 0.5) is 4.39 Å². The van der Waals surface area contributed by atoms with Crippen molar-refractivity contribution >= 4 is 33.7 Å². The van der Waals surface area contributed by atoms with Crippen LogP contribution < -0.4 is 0 Å². The summed E-state index contributed by atoms with van der Waals surface area (Å²) in [6, 6.07) is 1.47. The lowest BCUT2D eigenvalue weighted by atomic mass is 9.80. The van der Waals surface area contributed by atoms with Gasteiger partial charge in [0.25, 0.3) is 5.24 Å². The molecular weight excluding hydrogens is 338 g/mol. The second-order valence-electron chi connectivity index (χ2n) is 6.36. The first-order valence-corrected chi connectivity index (χ1v) is 8.39. The molecule has 0 fully saturated rings. The van der Waals surface area contributed by atoms with E-state index in [-0.39, 0.29) is 28.6 Å². The summed E-state index contributed by atoms with van der Waals surface area (Å²) in [6.45, 7) is 13.4. The van der Waals surface area contributed by atoms with E-state index in [1.165, 1.54) is 13.0 Å². The highest BCUT2D eigenvalue weighted by Gasteiger charge is 2.26. The summed E-state index contributed by atoms with van der Waals surface area (Å²) < 4.78 is 14.2. The highest BCUT2D eigenvalue weighted by molar-refractivity contribution is 6.68. The normalized spacial score (nSPS) is 10.8. The Morgan fingerprint density at radius 1 is 0.913 bits per heavy atom. The van der Waals surface area contributed by atoms with Gasteiger partial charge in [-0.2, -0.15) is 0 Å². The number of benzene rings is 1. The fourth-order valence-electron chi connectivity index (χ4n) is 2.63. The van der Waals surface area contributed by atoms with Crippen molar-refractivity contribution < 1.29 is 14.0 Å². The summed E-state index contributed by atoms with van der Waals surface area (Å²) in [6.07, 6.45) is 0. The zero-order valence-electron chi connectivity index (χ0n) is 14.8. The van der Waals surface area contributed by atoms with Gasteiger partial charge in [-0.15, -0.1) is 0 Å². The van der Waals surface area contributed by atoms with Crippen LogP contribution in [0.25, 0.3) is 0 Å². The quantitative estimate of drug-likeness (QED) is 0.585. The van der Waals surface area contributed by atoms with Gasteiger partial charge in [0.05, 0.1) is 5.56 Å². The van der Waals surface area contributed by atoms with Gasteiger partial charge in [0, 0.05) is 6.92 Å². The Balaban J connectivity index is 0.00000108. The Labute approximate surface area is 148 Å². The highest BCUT2D eigenvalue weighted by Crippen LogP contribution is 2.37. The molecule has 130 valence electrons. The molecular formula is C18H25Cl2FO2. The van der Waals surface area contributed by atoms with Gasteiger partial charge in [-0.05, 0) is 63.7 Å². The lowest BCUT2D eigenvalue weighted by molar-refractivity contribution is -0.109. The number of rotatable bonds is 4. The summed E-state index contributed by atoms with van der Waals surface area (Å²) in [7, 11) is 0. The number of hydrogen-bond acceptors (Lipinski definition) is 2. The van der Waals surface area contributed by atoms with Gasteiger partial charge in [-0.3, -0.25) is 9.59 Å². The summed E-state index contributed by atoms with van der Waals surface area (Å²) in [4.78, 5) is 20.8. The molecule has 0 aromatic heterocycles. The number of carbonyl (C=O) groups is 2. The highest BCUT2D eigenvalue weighted by atomic mass is 35.5. The molecule has 2 nitrogen and oxygen atoms in total. The van der Waals surface area contributed by atoms with Crippen LogP contribution in [0.5, 0.6) is 0 Å². The molecule has 23 heavy (non-hydrogen) atoms. The molecule has 0 heterocycles. The average Bonchev–Trinajstić information content (AvgIpc) is 2.35. The summed E-state index contributed by atoms with van der Waals surface area (Å²) in [5.74, 6) is -0.00542. The van der Waals surface area contributed by atoms with Gasteiger partial charge in [-0.1, -0.05) is 41.5 Å². The Morgan fingerprint density at radius 3 is 1.57 bits per heavy atom. The molecule has 0 N–H and O–H groups in total. The third kappa shape index (κ3) is 6.23. The Morgan fingerprint density at radius 2 is 1.30 bits per heavy atom. The topological polar surface area (TPSA) is 34.1 Å². The molecule has 0 atom stereocenters. The van der Waals surface area contributed by atoms with Crippen molar-refractivity contribution in [2.45, 2.75) is 66.2 Å². The standard InChI is InChI=1S/C16H22ClFO.C2H3ClO/c1-8(2)11-7-12(18)15(16(17)19)14(10(5)6)13(11)9(3)4;1-2(3)4/h7-10H,1-6H3;1H3. The van der Waals surface area contributed by atoms with Crippen LogP contribution in [0.1, 0.15) is 93.3 Å². The monoisotopic (exact) mass is 362 g/mol. The van der Waals surface area contributed by atoms with Gasteiger partial charge in [0.1, 0.15) is 5.82 Å². The van der Waals surface area contributed by atoms with E-state index in [0.29, 0.717) is 0 Å². The van der Waals surface area contributed by atoms with Crippen molar-refractivity contribution in [3.8, 4) is 0 Å². The average molecular weight is 363 g/mol. The van der Waals surface area contributed by atoms with Crippen LogP contribution in [-0.2, 0) is 4.79 Å². The van der Waals surface area contributed by atoms with Crippen molar-refractivity contribution in [3.05, 3.63) is 34.1 Å². The third-order valence-corrected chi connectivity index (χ3v) is 3.55. The van der Waals surface area contributed by atoms with Crippen LogP contribution >= 0.6 is 23.2 Å². The second kappa shape index (κ2) is 9.39. The van der Waals surface area contributed by atoms with Crippen LogP contribution in [0.15, 0.2) is 6.07 Å². The van der Waals surface area contributed by atoms with Crippen LogP contribution in [0.3, 0.4) is 0 Å². The van der Waals surface area contributed by atoms with Crippen LogP contribution in [0, 0.1) is 5.82 Å². The van der Waals surface area contributed by atoms with Gasteiger partial charge >= 0.3 is 0 Å². The van der Waals surface area contributed by atoms with E-state index in [0.717, 1.165) is 16.7 Å². The molecule has 0 saturated carbocycles. The SMILES string of the molecule is CC(=O)Cl.CC(C)c1cc(F)c(C(=O)Cl)c(C(C)C)c1C(C)C. The third-order valence-electron chi connectivity index (χ3n) is 3.36. The van der Waals surface area contributed by atoms with E-state index in [2.05, 4.69) is 25.4 Å². The largest absolute Gasteiger partial charge is 0.282 e. The van der Waals surface area contributed by atoms with E-state index in [4.69, 9.17) is 11.6 Å². The van der Waals surface area contributed by atoms with Gasteiger partial charge in [0.2, 0.25) is 5.24 Å². The smallest absolute Gasteiger partial charge is 0.255 e. The summed E-state index contributed by atoms with van der Waals surface area (Å²) >= 11 is 10.2. The molecule has 0 aliphatic carbocycles. The summed E-state index contributed by atoms with van der Waals surface area (Å²) in [5, 5.41) is -1.07. The molecule has 0 aliphatic heterocycles. The molecule has 1 aromatic carbocycles. The van der Waals surface area contributed by atoms with E-state index in [1.54, 1.807) is 0 Å². The molecule has 0 bridgehead atoms. The molecule has 1 rings (SSSR count). The number of carbonyl (C=O) groups excluding carboxylic acids is 2. The fourth-order valence-corrected chi connectivity index (χ4v) is 2.82. The lowest BCUT2D eigenvalue weighted by Gasteiger charge is -2.25. The van der Waals surface area contributed by atoms with Gasteiger partial charge < -0.3 is 0 Å². The van der Waals surface area contributed by atoms with Crippen molar-refractivity contribution in [2.75, 3.05) is 0 Å². The number of hydrogen-bond donors (Lipinski definition) is 0. The number of halogens is 3. The predicted octanol–water partition coefficient (Wildman–Crippen LogP) is 6.35. The lowest BCUT2D eigenvalue weighted by Crippen LogP contribution is -2.13. The second-order valence-corrected chi connectivity index (χ2v) is 7.23. The first-order chi connectivity index (χ1) is 10.4. The Kier molecular flexibility index (Phi) is 9.01. The molecule has 0 spiro atoms. The minimum atomic E-state index is -0.710. The maximum absolute atomic E-state index is 14.2. The molecule has 0 radical (unpaired) electrons. The van der Waals surface area contributed by atoms with Crippen molar-refractivity contribution in [1.29, 1.82) is 0 Å². The molecule has 0 saturated heterocycles. The molecule has 1 aromatic rings. The van der Waals surface area contributed by atoms with E-state index in [1.807, 2.05) is 27.7 Å². The van der Waals surface area contributed by atoms with Gasteiger partial charge in [0.15, 0.2) is 0 Å². The minimum Gasteiger partial charge on any atom is -0.282 e. The first kappa shape index (κ1) is 22.1. The van der Waals surface area contributed by atoms with E-state index < -0.39 is 11.1 Å². The fraction of sp³-hybridized carbons (Fsp3) is 0.556. The van der Waals surface area contributed by atoms with Crippen molar-refractivity contribution in [2.24, 2.45) is 0 Å². The molecule has 0 aliphatic rings. The van der Waals surface area contributed by atoms with Crippen molar-refractivity contribution in [1.82, 2.24) is 0 Å². The Hall–Kier alpha value is -0.930. The van der Waals surface area contributed by atoms with Crippen LogP contribution in [0.2, 0.25) is 0 Å². The van der Waals surface area contributed by atoms with Gasteiger partial charge in [-0.25, -0.2) is 4.39 Å². The zero-order valence-corrected chi connectivity index (χ0v) is 16.3. The maximum atomic E-state index is 14.2. The van der Waals surface area contributed by atoms with Crippen LogP contribution in [-0.4, -0.2) is 10.5 Å². The first-order valence-electron chi connectivity index (χ1n) is 7.63. The summed E-state index contributed by atoms with van der Waals surface area (Å²) in [5.41, 5.74) is 2.84. The zero-order chi connectivity index (χ0) is 18.5. The van der Waals surface area contributed by atoms with E-state index in [9.17, 15) is 14.0 Å². The van der Waals surface area contributed by atoms with E-state index >= 15 is 0 Å². The molecule has 0 amide bonds. The van der Waals surface area contributed by atoms with Crippen molar-refractivity contribution in [3.63, 3.8) is 0 Å². The molecule has 0 unspecified atom stereocenters. The Bertz CT molecular complexity index is 575. The molecule has 5 heteroatoms. The minimum absolute atomic E-state index is 0.0461. The maximum Gasteiger partial charge on any atom is 0.255 e.